The Labute approximate surface area is 162 Å². The van der Waals surface area contributed by atoms with Crippen LogP contribution in [-0.2, 0) is 21.4 Å². The summed E-state index contributed by atoms with van der Waals surface area (Å²) in [5, 5.41) is 3.19. The number of carbonyl (C=O) groups is 1. The standard InChI is InChI=1S/C17H18Cl2N2O4S/c1-25-14-6-3-12(4-7-14)10-20-17(22)11-21(26(2,23)24)13-5-8-15(18)16(19)9-13/h3-9H,10-11H2,1-2H3,(H,20,22). The van der Waals surface area contributed by atoms with E-state index in [0.717, 1.165) is 16.1 Å². The molecule has 26 heavy (non-hydrogen) atoms. The zero-order valence-electron chi connectivity index (χ0n) is 14.2. The number of carbonyl (C=O) groups excluding carboxylic acids is 1. The van der Waals surface area contributed by atoms with Crippen LogP contribution >= 0.6 is 23.2 Å². The summed E-state index contributed by atoms with van der Waals surface area (Å²) in [4.78, 5) is 12.2. The van der Waals surface area contributed by atoms with E-state index in [9.17, 15) is 13.2 Å². The summed E-state index contributed by atoms with van der Waals surface area (Å²) in [6.07, 6.45) is 1.02. The Kier molecular flexibility index (Phi) is 6.75. The fourth-order valence-electron chi connectivity index (χ4n) is 2.17. The number of sulfonamides is 1. The number of nitrogens with zero attached hydrogens (tertiary/aromatic N) is 1. The molecule has 0 aliphatic carbocycles. The molecule has 1 N–H and O–H groups in total. The SMILES string of the molecule is COc1ccc(CNC(=O)CN(c2ccc(Cl)c(Cl)c2)S(C)(=O)=O)cc1. The average molecular weight is 417 g/mol. The molecule has 2 aromatic rings. The van der Waals surface area contributed by atoms with Crippen molar-refractivity contribution >= 4 is 44.8 Å². The highest BCUT2D eigenvalue weighted by Gasteiger charge is 2.21. The Hall–Kier alpha value is -1.96. The summed E-state index contributed by atoms with van der Waals surface area (Å²) in [6.45, 7) is -0.102. The Balaban J connectivity index is 2.07. The second kappa shape index (κ2) is 8.62. The van der Waals surface area contributed by atoms with E-state index in [0.29, 0.717) is 10.8 Å². The number of amides is 1. The molecule has 2 rings (SSSR count). The van der Waals surface area contributed by atoms with Crippen LogP contribution in [0, 0.1) is 0 Å². The van der Waals surface area contributed by atoms with Gasteiger partial charge in [0.25, 0.3) is 0 Å². The van der Waals surface area contributed by atoms with Gasteiger partial charge in [-0.1, -0.05) is 35.3 Å². The first-order valence-electron chi connectivity index (χ1n) is 7.53. The van der Waals surface area contributed by atoms with Crippen molar-refractivity contribution in [2.75, 3.05) is 24.2 Å². The molecule has 0 aliphatic heterocycles. The molecule has 0 saturated heterocycles. The predicted octanol–water partition coefficient (Wildman–Crippen LogP) is 3.08. The lowest BCUT2D eigenvalue weighted by atomic mass is 10.2. The monoisotopic (exact) mass is 416 g/mol. The summed E-state index contributed by atoms with van der Waals surface area (Å²) in [5.74, 6) is 0.264. The first-order valence-corrected chi connectivity index (χ1v) is 10.1. The maximum absolute atomic E-state index is 12.2. The van der Waals surface area contributed by atoms with E-state index in [-0.39, 0.29) is 23.8 Å². The molecule has 0 heterocycles. The third kappa shape index (κ3) is 5.52. The van der Waals surface area contributed by atoms with Crippen molar-refractivity contribution in [1.82, 2.24) is 5.32 Å². The Morgan fingerprint density at radius 2 is 1.77 bits per heavy atom. The van der Waals surface area contributed by atoms with Gasteiger partial charge in [-0.3, -0.25) is 9.10 Å². The zero-order chi connectivity index (χ0) is 19.3. The van der Waals surface area contributed by atoms with Crippen LogP contribution in [0.3, 0.4) is 0 Å². The van der Waals surface area contributed by atoms with Crippen molar-refractivity contribution in [1.29, 1.82) is 0 Å². The maximum atomic E-state index is 12.2. The zero-order valence-corrected chi connectivity index (χ0v) is 16.5. The molecule has 140 valence electrons. The lowest BCUT2D eigenvalue weighted by Crippen LogP contribution is -2.40. The van der Waals surface area contributed by atoms with Crippen LogP contribution in [0.15, 0.2) is 42.5 Å². The quantitative estimate of drug-likeness (QED) is 0.752. The molecule has 0 saturated carbocycles. The number of nitrogens with one attached hydrogen (secondary N) is 1. The van der Waals surface area contributed by atoms with E-state index in [4.69, 9.17) is 27.9 Å². The number of hydrogen-bond acceptors (Lipinski definition) is 4. The Morgan fingerprint density at radius 3 is 2.31 bits per heavy atom. The van der Waals surface area contributed by atoms with Gasteiger partial charge >= 0.3 is 0 Å². The Morgan fingerprint density at radius 1 is 1.12 bits per heavy atom. The molecule has 2 aromatic carbocycles. The van der Waals surface area contributed by atoms with Gasteiger partial charge in [0.1, 0.15) is 12.3 Å². The van der Waals surface area contributed by atoms with Gasteiger partial charge in [-0.25, -0.2) is 8.42 Å². The van der Waals surface area contributed by atoms with E-state index in [1.165, 1.54) is 18.2 Å². The second-order valence-corrected chi connectivity index (χ2v) is 8.21. The molecule has 0 unspecified atom stereocenters. The molecule has 0 spiro atoms. The van der Waals surface area contributed by atoms with Crippen LogP contribution in [0.5, 0.6) is 5.75 Å². The van der Waals surface area contributed by atoms with Gasteiger partial charge < -0.3 is 10.1 Å². The number of rotatable bonds is 7. The van der Waals surface area contributed by atoms with Crippen LogP contribution in [0.25, 0.3) is 0 Å². The lowest BCUT2D eigenvalue weighted by molar-refractivity contribution is -0.119. The van der Waals surface area contributed by atoms with E-state index in [1.807, 2.05) is 12.1 Å². The summed E-state index contributed by atoms with van der Waals surface area (Å²) in [5.41, 5.74) is 1.13. The van der Waals surface area contributed by atoms with Crippen molar-refractivity contribution in [3.8, 4) is 5.75 Å². The summed E-state index contributed by atoms with van der Waals surface area (Å²) < 4.78 is 30.2. The van der Waals surface area contributed by atoms with E-state index in [1.54, 1.807) is 19.2 Å². The Bertz CT molecular complexity index is 886. The van der Waals surface area contributed by atoms with Gasteiger partial charge in [-0.2, -0.15) is 0 Å². The third-order valence-electron chi connectivity index (χ3n) is 3.53. The third-order valence-corrected chi connectivity index (χ3v) is 5.41. The minimum atomic E-state index is -3.68. The minimum absolute atomic E-state index is 0.205. The van der Waals surface area contributed by atoms with E-state index in [2.05, 4.69) is 5.32 Å². The van der Waals surface area contributed by atoms with Crippen molar-refractivity contribution in [2.24, 2.45) is 0 Å². The van der Waals surface area contributed by atoms with Crippen molar-refractivity contribution in [3.63, 3.8) is 0 Å². The van der Waals surface area contributed by atoms with Crippen molar-refractivity contribution in [2.45, 2.75) is 6.54 Å². The number of ether oxygens (including phenoxy) is 1. The molecule has 0 radical (unpaired) electrons. The fourth-order valence-corrected chi connectivity index (χ4v) is 3.31. The minimum Gasteiger partial charge on any atom is -0.497 e. The van der Waals surface area contributed by atoms with Crippen molar-refractivity contribution < 1.29 is 17.9 Å². The van der Waals surface area contributed by atoms with Gasteiger partial charge in [0.15, 0.2) is 0 Å². The second-order valence-electron chi connectivity index (χ2n) is 5.49. The predicted molar refractivity (Wildman–Crippen MR) is 103 cm³/mol. The van der Waals surface area contributed by atoms with E-state index < -0.39 is 15.9 Å². The van der Waals surface area contributed by atoms with Crippen LogP contribution in [0.4, 0.5) is 5.69 Å². The largest absolute Gasteiger partial charge is 0.497 e. The summed E-state index contributed by atoms with van der Waals surface area (Å²) in [6, 6.07) is 11.6. The maximum Gasteiger partial charge on any atom is 0.241 e. The summed E-state index contributed by atoms with van der Waals surface area (Å²) >= 11 is 11.8. The highest BCUT2D eigenvalue weighted by molar-refractivity contribution is 7.92. The van der Waals surface area contributed by atoms with Crippen LogP contribution in [-0.4, -0.2) is 34.2 Å². The number of anilines is 1. The van der Waals surface area contributed by atoms with Gasteiger partial charge in [0, 0.05) is 6.54 Å². The van der Waals surface area contributed by atoms with Crippen LogP contribution in [0.1, 0.15) is 5.56 Å². The molecule has 0 atom stereocenters. The topological polar surface area (TPSA) is 75.7 Å². The van der Waals surface area contributed by atoms with Gasteiger partial charge in [0.05, 0.1) is 29.1 Å². The number of halogens is 2. The highest BCUT2D eigenvalue weighted by Crippen LogP contribution is 2.28. The number of methoxy groups -OCH3 is 1. The van der Waals surface area contributed by atoms with Gasteiger partial charge in [-0.05, 0) is 35.9 Å². The van der Waals surface area contributed by atoms with Crippen LogP contribution in [0.2, 0.25) is 10.0 Å². The summed E-state index contributed by atoms with van der Waals surface area (Å²) in [7, 11) is -2.11. The number of hydrogen-bond donors (Lipinski definition) is 1. The molecule has 0 aliphatic rings. The first-order chi connectivity index (χ1) is 12.2. The molecular weight excluding hydrogens is 399 g/mol. The highest BCUT2D eigenvalue weighted by atomic mass is 35.5. The molecule has 9 heteroatoms. The molecule has 0 aromatic heterocycles. The molecule has 0 fully saturated rings. The van der Waals surface area contributed by atoms with E-state index >= 15 is 0 Å². The normalized spacial score (nSPS) is 11.1. The smallest absolute Gasteiger partial charge is 0.241 e. The molecular formula is C17H18Cl2N2O4S. The number of benzene rings is 2. The first kappa shape index (κ1) is 20.4. The molecule has 6 nitrogen and oxygen atoms in total. The molecule has 0 bridgehead atoms. The molecule has 1 amide bonds. The van der Waals surface area contributed by atoms with Gasteiger partial charge in [-0.15, -0.1) is 0 Å². The van der Waals surface area contributed by atoms with Crippen LogP contribution < -0.4 is 14.4 Å². The fraction of sp³-hybridized carbons (Fsp3) is 0.235. The van der Waals surface area contributed by atoms with Gasteiger partial charge in [0.2, 0.25) is 15.9 Å². The van der Waals surface area contributed by atoms with Crippen molar-refractivity contribution in [3.05, 3.63) is 58.1 Å². The lowest BCUT2D eigenvalue weighted by Gasteiger charge is -2.22. The average Bonchev–Trinajstić information content (AvgIpc) is 2.60.